The Kier molecular flexibility index (Phi) is 24.1. The third-order valence-electron chi connectivity index (χ3n) is 6.27. The molecule has 0 rings (SSSR count). The summed E-state index contributed by atoms with van der Waals surface area (Å²) in [6, 6.07) is -0.611. The molecule has 0 aromatic carbocycles. The second-order valence-corrected chi connectivity index (χ2v) is 9.47. The summed E-state index contributed by atoms with van der Waals surface area (Å²) in [5.41, 5.74) is 0. The van der Waals surface area contributed by atoms with Crippen molar-refractivity contribution in [2.45, 2.75) is 154 Å². The summed E-state index contributed by atoms with van der Waals surface area (Å²) in [6.07, 6.45) is 27.1. The van der Waals surface area contributed by atoms with Crippen molar-refractivity contribution < 1.29 is 15.0 Å². The number of unbranched alkanes of at least 4 members (excludes halogenated alkanes) is 17. The smallest absolute Gasteiger partial charge is 0.220 e. The number of amides is 1. The van der Waals surface area contributed by atoms with Gasteiger partial charge in [-0.05, 0) is 19.3 Å². The summed E-state index contributed by atoms with van der Waals surface area (Å²) in [4.78, 5) is 12.1. The molecule has 3 N–H and O–H groups in total. The molecule has 0 saturated heterocycles. The van der Waals surface area contributed by atoms with Gasteiger partial charge in [-0.2, -0.15) is 0 Å². The Morgan fingerprint density at radius 1 is 0.719 bits per heavy atom. The van der Waals surface area contributed by atoms with E-state index in [4.69, 9.17) is 0 Å². The van der Waals surface area contributed by atoms with Gasteiger partial charge in [0.25, 0.3) is 0 Å². The van der Waals surface area contributed by atoms with Crippen molar-refractivity contribution in [3.05, 3.63) is 12.2 Å². The summed E-state index contributed by atoms with van der Waals surface area (Å²) < 4.78 is 0. The van der Waals surface area contributed by atoms with E-state index in [0.29, 0.717) is 6.42 Å². The molecule has 190 valence electrons. The van der Waals surface area contributed by atoms with Crippen LogP contribution in [0, 0.1) is 0 Å². The Labute approximate surface area is 199 Å². The second kappa shape index (κ2) is 24.8. The zero-order valence-corrected chi connectivity index (χ0v) is 21.5. The Bertz CT molecular complexity index is 425. The first-order valence-corrected chi connectivity index (χ1v) is 13.9. The molecule has 0 radical (unpaired) electrons. The zero-order chi connectivity index (χ0) is 23.7. The normalized spacial score (nSPS) is 13.5. The number of carbonyl (C=O) groups is 1. The Morgan fingerprint density at radius 2 is 1.16 bits per heavy atom. The van der Waals surface area contributed by atoms with Gasteiger partial charge in [-0.25, -0.2) is 0 Å². The first-order chi connectivity index (χ1) is 15.7. The number of rotatable bonds is 24. The number of aliphatic hydroxyl groups is 2. The van der Waals surface area contributed by atoms with Gasteiger partial charge in [0.1, 0.15) is 0 Å². The monoisotopic (exact) mass is 453 g/mol. The van der Waals surface area contributed by atoms with Crippen molar-refractivity contribution >= 4 is 5.91 Å². The molecule has 2 atom stereocenters. The number of hydrogen-bond acceptors (Lipinski definition) is 3. The average Bonchev–Trinajstić information content (AvgIpc) is 2.79. The van der Waals surface area contributed by atoms with Crippen LogP contribution < -0.4 is 5.32 Å². The fourth-order valence-electron chi connectivity index (χ4n) is 4.06. The maximum absolute atomic E-state index is 12.1. The van der Waals surface area contributed by atoms with E-state index in [0.717, 1.165) is 25.7 Å². The first-order valence-electron chi connectivity index (χ1n) is 13.9. The van der Waals surface area contributed by atoms with E-state index in [1.54, 1.807) is 6.08 Å². The van der Waals surface area contributed by atoms with Gasteiger partial charge in [-0.3, -0.25) is 4.79 Å². The quantitative estimate of drug-likeness (QED) is 0.107. The SMILES string of the molecule is CCCCCCCCCCCCCC=CC(O)C(CO)NC(=O)CCCCCCCCC. The molecule has 0 fully saturated rings. The van der Waals surface area contributed by atoms with E-state index in [1.165, 1.54) is 96.3 Å². The van der Waals surface area contributed by atoms with Crippen molar-refractivity contribution in [1.82, 2.24) is 5.32 Å². The predicted octanol–water partition coefficient (Wildman–Crippen LogP) is 7.22. The van der Waals surface area contributed by atoms with Gasteiger partial charge >= 0.3 is 0 Å². The van der Waals surface area contributed by atoms with Crippen molar-refractivity contribution in [2.75, 3.05) is 6.61 Å². The van der Waals surface area contributed by atoms with Crippen LogP contribution in [0.25, 0.3) is 0 Å². The molecular formula is C28H55NO3. The van der Waals surface area contributed by atoms with Gasteiger partial charge in [-0.15, -0.1) is 0 Å². The minimum atomic E-state index is -0.828. The molecule has 1 amide bonds. The molecule has 0 aliphatic heterocycles. The Balaban J connectivity index is 3.70. The van der Waals surface area contributed by atoms with Crippen LogP contribution >= 0.6 is 0 Å². The van der Waals surface area contributed by atoms with Crippen molar-refractivity contribution in [2.24, 2.45) is 0 Å². The highest BCUT2D eigenvalue weighted by atomic mass is 16.3. The van der Waals surface area contributed by atoms with Crippen LogP contribution in [-0.2, 0) is 4.79 Å². The number of nitrogens with one attached hydrogen (secondary N) is 1. The molecule has 2 unspecified atom stereocenters. The van der Waals surface area contributed by atoms with Crippen LogP contribution in [0.4, 0.5) is 0 Å². The lowest BCUT2D eigenvalue weighted by Gasteiger charge is -2.20. The molecular weight excluding hydrogens is 398 g/mol. The lowest BCUT2D eigenvalue weighted by molar-refractivity contribution is -0.123. The average molecular weight is 454 g/mol. The zero-order valence-electron chi connectivity index (χ0n) is 21.5. The number of hydrogen-bond donors (Lipinski definition) is 3. The minimum Gasteiger partial charge on any atom is -0.394 e. The molecule has 0 aromatic rings. The van der Waals surface area contributed by atoms with Crippen LogP contribution in [0.3, 0.4) is 0 Å². The first kappa shape index (κ1) is 31.1. The number of allylic oxidation sites excluding steroid dienone is 1. The third-order valence-corrected chi connectivity index (χ3v) is 6.27. The van der Waals surface area contributed by atoms with Crippen molar-refractivity contribution in [1.29, 1.82) is 0 Å². The summed E-state index contributed by atoms with van der Waals surface area (Å²) >= 11 is 0. The van der Waals surface area contributed by atoms with Gasteiger partial charge in [0.2, 0.25) is 5.91 Å². The van der Waals surface area contributed by atoms with Gasteiger partial charge < -0.3 is 15.5 Å². The van der Waals surface area contributed by atoms with Crippen LogP contribution in [-0.4, -0.2) is 34.9 Å². The van der Waals surface area contributed by atoms with Gasteiger partial charge in [0.05, 0.1) is 18.8 Å². The third kappa shape index (κ3) is 21.0. The fraction of sp³-hybridized carbons (Fsp3) is 0.893. The largest absolute Gasteiger partial charge is 0.394 e. The van der Waals surface area contributed by atoms with Crippen LogP contribution in [0.2, 0.25) is 0 Å². The van der Waals surface area contributed by atoms with Gasteiger partial charge in [-0.1, -0.05) is 129 Å². The van der Waals surface area contributed by atoms with E-state index in [-0.39, 0.29) is 12.5 Å². The highest BCUT2D eigenvalue weighted by Crippen LogP contribution is 2.12. The molecule has 0 heterocycles. The summed E-state index contributed by atoms with van der Waals surface area (Å²) in [7, 11) is 0. The van der Waals surface area contributed by atoms with E-state index >= 15 is 0 Å². The molecule has 4 nitrogen and oxygen atoms in total. The summed E-state index contributed by atoms with van der Waals surface area (Å²) in [5.74, 6) is -0.0737. The number of aliphatic hydroxyl groups excluding tert-OH is 2. The lowest BCUT2D eigenvalue weighted by atomic mass is 10.0. The molecule has 0 spiro atoms. The fourth-order valence-corrected chi connectivity index (χ4v) is 4.06. The lowest BCUT2D eigenvalue weighted by Crippen LogP contribution is -2.45. The number of carbonyl (C=O) groups excluding carboxylic acids is 1. The predicted molar refractivity (Wildman–Crippen MR) is 138 cm³/mol. The highest BCUT2D eigenvalue weighted by Gasteiger charge is 2.17. The second-order valence-electron chi connectivity index (χ2n) is 9.47. The molecule has 32 heavy (non-hydrogen) atoms. The van der Waals surface area contributed by atoms with Crippen molar-refractivity contribution in [3.63, 3.8) is 0 Å². The topological polar surface area (TPSA) is 69.6 Å². The summed E-state index contributed by atoms with van der Waals surface area (Å²) in [6.45, 7) is 4.23. The Morgan fingerprint density at radius 3 is 1.62 bits per heavy atom. The molecule has 0 aromatic heterocycles. The Hall–Kier alpha value is -0.870. The highest BCUT2D eigenvalue weighted by molar-refractivity contribution is 5.76. The van der Waals surface area contributed by atoms with Crippen molar-refractivity contribution in [3.8, 4) is 0 Å². The van der Waals surface area contributed by atoms with E-state index < -0.39 is 12.1 Å². The maximum Gasteiger partial charge on any atom is 0.220 e. The molecule has 0 aliphatic rings. The molecule has 0 aliphatic carbocycles. The van der Waals surface area contributed by atoms with E-state index in [2.05, 4.69) is 19.2 Å². The molecule has 4 heteroatoms. The molecule has 0 bridgehead atoms. The van der Waals surface area contributed by atoms with Crippen LogP contribution in [0.15, 0.2) is 12.2 Å². The van der Waals surface area contributed by atoms with E-state index in [9.17, 15) is 15.0 Å². The molecule has 0 saturated carbocycles. The van der Waals surface area contributed by atoms with Crippen LogP contribution in [0.1, 0.15) is 142 Å². The van der Waals surface area contributed by atoms with Gasteiger partial charge in [0.15, 0.2) is 0 Å². The standard InChI is InChI=1S/C28H55NO3/c1-3-5-7-9-11-12-13-14-15-16-18-19-21-23-27(31)26(25-30)29-28(32)24-22-20-17-10-8-6-4-2/h21,23,26-27,30-31H,3-20,22,24-25H2,1-2H3,(H,29,32). The van der Waals surface area contributed by atoms with E-state index in [1.807, 2.05) is 6.08 Å². The maximum atomic E-state index is 12.1. The van der Waals surface area contributed by atoms with Gasteiger partial charge in [0, 0.05) is 6.42 Å². The summed E-state index contributed by atoms with van der Waals surface area (Å²) in [5, 5.41) is 22.6. The van der Waals surface area contributed by atoms with Crippen LogP contribution in [0.5, 0.6) is 0 Å². The minimum absolute atomic E-state index is 0.0737.